The highest BCUT2D eigenvalue weighted by atomic mass is 16.5. The second kappa shape index (κ2) is 7.47. The lowest BCUT2D eigenvalue weighted by Crippen LogP contribution is -2.64. The van der Waals surface area contributed by atoms with Gasteiger partial charge in [0, 0.05) is 19.6 Å². The first kappa shape index (κ1) is 19.9. The topological polar surface area (TPSA) is 106 Å². The molecule has 0 unspecified atom stereocenters. The summed E-state index contributed by atoms with van der Waals surface area (Å²) in [6.07, 6.45) is 3.14. The minimum atomic E-state index is -1.07. The quantitative estimate of drug-likeness (QED) is 0.736. The van der Waals surface area contributed by atoms with E-state index in [1.165, 1.54) is 13.4 Å². The molecule has 2 heterocycles. The molecule has 0 spiro atoms. The Bertz CT molecular complexity index is 995. The van der Waals surface area contributed by atoms with E-state index in [1.807, 2.05) is 24.3 Å². The number of rotatable bonds is 6. The molecule has 3 amide bonds. The molecule has 1 aliphatic heterocycles. The summed E-state index contributed by atoms with van der Waals surface area (Å²) < 4.78 is 6.77. The molecule has 0 saturated heterocycles. The Balaban J connectivity index is 1.59. The van der Waals surface area contributed by atoms with Crippen LogP contribution in [0.15, 0.2) is 30.6 Å². The third-order valence-electron chi connectivity index (χ3n) is 5.72. The van der Waals surface area contributed by atoms with Crippen LogP contribution in [-0.2, 0) is 17.9 Å². The van der Waals surface area contributed by atoms with Crippen molar-refractivity contribution >= 4 is 17.7 Å². The van der Waals surface area contributed by atoms with Crippen LogP contribution in [0.4, 0.5) is 0 Å². The summed E-state index contributed by atoms with van der Waals surface area (Å²) in [5.74, 6) is -0.240. The first-order valence-corrected chi connectivity index (χ1v) is 9.91. The number of methoxy groups -OCH3 is 1. The number of nitrogens with one attached hydrogen (secondary N) is 2. The molecule has 1 saturated carbocycles. The van der Waals surface area contributed by atoms with Gasteiger partial charge in [-0.15, -0.1) is 0 Å². The largest absolute Gasteiger partial charge is 0.497 e. The molecule has 9 heteroatoms. The summed E-state index contributed by atoms with van der Waals surface area (Å²) in [4.78, 5) is 44.5. The van der Waals surface area contributed by atoms with Gasteiger partial charge in [0.2, 0.25) is 5.91 Å². The zero-order valence-electron chi connectivity index (χ0n) is 17.3. The van der Waals surface area contributed by atoms with Gasteiger partial charge in [-0.1, -0.05) is 12.1 Å². The molecule has 4 rings (SSSR count). The van der Waals surface area contributed by atoms with E-state index in [0.29, 0.717) is 6.54 Å². The van der Waals surface area contributed by atoms with Crippen LogP contribution in [0.2, 0.25) is 0 Å². The number of imidazole rings is 1. The summed E-state index contributed by atoms with van der Waals surface area (Å²) in [7, 11) is 3.10. The summed E-state index contributed by atoms with van der Waals surface area (Å²) >= 11 is 0. The molecule has 1 atom stereocenters. The molecule has 1 aromatic carbocycles. The maximum Gasteiger partial charge on any atom is 0.274 e. The van der Waals surface area contributed by atoms with E-state index in [1.54, 1.807) is 23.5 Å². The Morgan fingerprint density at radius 3 is 2.57 bits per heavy atom. The molecule has 30 heavy (non-hydrogen) atoms. The SMILES string of the molecule is CNC(=O)c1ncn2c1C(=O)N(C1CC1)[C@@](C)(C(=O)NCc1ccc(OC)cc1)C2. The normalized spacial score (nSPS) is 20.5. The van der Waals surface area contributed by atoms with Gasteiger partial charge < -0.3 is 24.8 Å². The molecule has 9 nitrogen and oxygen atoms in total. The van der Waals surface area contributed by atoms with E-state index in [0.717, 1.165) is 24.2 Å². The Kier molecular flexibility index (Phi) is 4.97. The summed E-state index contributed by atoms with van der Waals surface area (Å²) in [5.41, 5.74) is 0.187. The monoisotopic (exact) mass is 411 g/mol. The Labute approximate surface area is 174 Å². The van der Waals surface area contributed by atoms with Gasteiger partial charge in [0.05, 0.1) is 20.0 Å². The van der Waals surface area contributed by atoms with E-state index >= 15 is 0 Å². The minimum absolute atomic E-state index is 0.00424. The lowest BCUT2D eigenvalue weighted by molar-refractivity contribution is -0.133. The Morgan fingerprint density at radius 1 is 1.27 bits per heavy atom. The maximum absolute atomic E-state index is 13.4. The fourth-order valence-electron chi connectivity index (χ4n) is 3.96. The number of carbonyl (C=O) groups excluding carboxylic acids is 3. The van der Waals surface area contributed by atoms with Gasteiger partial charge in [0.15, 0.2) is 5.69 Å². The van der Waals surface area contributed by atoms with Crippen molar-refractivity contribution in [2.45, 2.75) is 44.4 Å². The van der Waals surface area contributed by atoms with Crippen molar-refractivity contribution in [3.8, 4) is 5.75 Å². The van der Waals surface area contributed by atoms with Crippen molar-refractivity contribution < 1.29 is 19.1 Å². The fraction of sp³-hybridized carbons (Fsp3) is 0.429. The van der Waals surface area contributed by atoms with Gasteiger partial charge in [-0.3, -0.25) is 14.4 Å². The Hall–Kier alpha value is -3.36. The highest BCUT2D eigenvalue weighted by Gasteiger charge is 2.53. The van der Waals surface area contributed by atoms with Crippen molar-refractivity contribution in [1.29, 1.82) is 0 Å². The van der Waals surface area contributed by atoms with Crippen molar-refractivity contribution in [3.63, 3.8) is 0 Å². The molecular weight excluding hydrogens is 386 g/mol. The second-order valence-corrected chi connectivity index (χ2v) is 7.86. The second-order valence-electron chi connectivity index (χ2n) is 7.86. The molecular formula is C21H25N5O4. The van der Waals surface area contributed by atoms with Crippen LogP contribution >= 0.6 is 0 Å². The number of nitrogens with zero attached hydrogens (tertiary/aromatic N) is 3. The van der Waals surface area contributed by atoms with Gasteiger partial charge in [-0.05, 0) is 37.5 Å². The predicted octanol–water partition coefficient (Wildman–Crippen LogP) is 0.945. The highest BCUT2D eigenvalue weighted by Crippen LogP contribution is 2.38. The molecule has 1 fully saturated rings. The average Bonchev–Trinajstić information content (AvgIpc) is 3.49. The van der Waals surface area contributed by atoms with Crippen LogP contribution in [0.5, 0.6) is 5.75 Å². The number of ether oxygens (including phenoxy) is 1. The lowest BCUT2D eigenvalue weighted by Gasteiger charge is -2.44. The number of hydrogen-bond acceptors (Lipinski definition) is 5. The maximum atomic E-state index is 13.4. The number of carbonyl (C=O) groups is 3. The van der Waals surface area contributed by atoms with E-state index in [-0.39, 0.29) is 35.8 Å². The lowest BCUT2D eigenvalue weighted by atomic mass is 9.93. The van der Waals surface area contributed by atoms with Crippen LogP contribution in [0.25, 0.3) is 0 Å². The molecule has 2 aliphatic rings. The number of amides is 3. The van der Waals surface area contributed by atoms with Gasteiger partial charge in [0.1, 0.15) is 17.0 Å². The Morgan fingerprint density at radius 2 is 1.97 bits per heavy atom. The molecule has 0 bridgehead atoms. The standard InChI is InChI=1S/C21H25N5O4/c1-21(20(29)23-10-13-4-8-15(30-3)9-5-13)11-25-12-24-16(18(27)22-2)17(25)19(28)26(21)14-6-7-14/h4-5,8-9,12,14H,6-7,10-11H2,1-3H3,(H,22,27)(H,23,29)/t21-/m1/s1. The van der Waals surface area contributed by atoms with Crippen LogP contribution in [-0.4, -0.2) is 57.9 Å². The van der Waals surface area contributed by atoms with E-state index < -0.39 is 11.4 Å². The summed E-state index contributed by atoms with van der Waals surface area (Å²) in [6, 6.07) is 7.44. The van der Waals surface area contributed by atoms with Gasteiger partial charge in [-0.25, -0.2) is 4.98 Å². The van der Waals surface area contributed by atoms with Crippen molar-refractivity contribution in [2.24, 2.45) is 0 Å². The molecule has 158 valence electrons. The molecule has 2 aromatic rings. The van der Waals surface area contributed by atoms with Crippen LogP contribution in [0.1, 0.15) is 46.3 Å². The smallest absolute Gasteiger partial charge is 0.274 e. The molecule has 1 aromatic heterocycles. The van der Waals surface area contributed by atoms with Crippen molar-refractivity contribution in [3.05, 3.63) is 47.5 Å². The third kappa shape index (κ3) is 3.30. The highest BCUT2D eigenvalue weighted by molar-refractivity contribution is 6.07. The number of fused-ring (bicyclic) bond motifs is 1. The number of hydrogen-bond donors (Lipinski definition) is 2. The third-order valence-corrected chi connectivity index (χ3v) is 5.72. The minimum Gasteiger partial charge on any atom is -0.497 e. The molecule has 2 N–H and O–H groups in total. The summed E-state index contributed by atoms with van der Waals surface area (Å²) in [6.45, 7) is 2.35. The molecule has 1 aliphatic carbocycles. The van der Waals surface area contributed by atoms with Crippen molar-refractivity contribution in [1.82, 2.24) is 25.1 Å². The van der Waals surface area contributed by atoms with Gasteiger partial charge in [0.25, 0.3) is 11.8 Å². The number of aromatic nitrogens is 2. The van der Waals surface area contributed by atoms with Crippen molar-refractivity contribution in [2.75, 3.05) is 14.2 Å². The van der Waals surface area contributed by atoms with E-state index in [9.17, 15) is 14.4 Å². The van der Waals surface area contributed by atoms with Crippen LogP contribution < -0.4 is 15.4 Å². The zero-order chi connectivity index (χ0) is 21.5. The van der Waals surface area contributed by atoms with Crippen LogP contribution in [0, 0.1) is 0 Å². The first-order valence-electron chi connectivity index (χ1n) is 9.91. The summed E-state index contributed by atoms with van der Waals surface area (Å²) in [5, 5.41) is 5.48. The first-order chi connectivity index (χ1) is 14.4. The van der Waals surface area contributed by atoms with E-state index in [2.05, 4.69) is 15.6 Å². The number of benzene rings is 1. The molecule has 0 radical (unpaired) electrons. The van der Waals surface area contributed by atoms with Gasteiger partial charge >= 0.3 is 0 Å². The van der Waals surface area contributed by atoms with E-state index in [4.69, 9.17) is 4.74 Å². The predicted molar refractivity (Wildman–Crippen MR) is 108 cm³/mol. The fourth-order valence-corrected chi connectivity index (χ4v) is 3.96. The average molecular weight is 411 g/mol. The van der Waals surface area contributed by atoms with Gasteiger partial charge in [-0.2, -0.15) is 0 Å². The van der Waals surface area contributed by atoms with Crippen LogP contribution in [0.3, 0.4) is 0 Å². The zero-order valence-corrected chi connectivity index (χ0v) is 17.3.